The summed E-state index contributed by atoms with van der Waals surface area (Å²) in [6.07, 6.45) is 3.68. The van der Waals surface area contributed by atoms with Crippen molar-refractivity contribution in [2.75, 3.05) is 0 Å². The molecule has 1 aliphatic rings. The van der Waals surface area contributed by atoms with E-state index in [9.17, 15) is 0 Å². The first-order valence-electron chi connectivity index (χ1n) is 9.70. The van der Waals surface area contributed by atoms with Crippen molar-refractivity contribution in [3.63, 3.8) is 0 Å². The largest absolute Gasteiger partial charge is 0.370 e. The molecule has 28 heavy (non-hydrogen) atoms. The van der Waals surface area contributed by atoms with E-state index >= 15 is 0 Å². The molecule has 4 nitrogen and oxygen atoms in total. The van der Waals surface area contributed by atoms with Crippen LogP contribution in [0.5, 0.6) is 0 Å². The molecule has 0 N–H and O–H groups in total. The standard InChI is InChI=1S/C23H26ClN3O/c1-22(2)14-17(15-23(3,4)28-22)19-13-20(16-8-10-18(24)11-9-16)27(26-19)21-7-5-6-12-25-21/h5-13,17H,14-15H2,1-4H3. The van der Waals surface area contributed by atoms with Crippen LogP contribution in [-0.4, -0.2) is 26.0 Å². The van der Waals surface area contributed by atoms with Crippen molar-refractivity contribution in [1.29, 1.82) is 0 Å². The topological polar surface area (TPSA) is 39.9 Å². The Labute approximate surface area is 171 Å². The van der Waals surface area contributed by atoms with E-state index < -0.39 is 0 Å². The summed E-state index contributed by atoms with van der Waals surface area (Å²) in [6, 6.07) is 15.9. The molecule has 0 amide bonds. The van der Waals surface area contributed by atoms with Gasteiger partial charge in [0.15, 0.2) is 5.82 Å². The van der Waals surface area contributed by atoms with Gasteiger partial charge in [0.2, 0.25) is 0 Å². The van der Waals surface area contributed by atoms with E-state index in [1.807, 2.05) is 47.1 Å². The molecule has 4 rings (SSSR count). The van der Waals surface area contributed by atoms with Gasteiger partial charge in [-0.2, -0.15) is 5.10 Å². The predicted octanol–water partition coefficient (Wildman–Crippen LogP) is 6.04. The molecule has 0 aliphatic carbocycles. The highest BCUT2D eigenvalue weighted by Crippen LogP contribution is 2.43. The van der Waals surface area contributed by atoms with Crippen LogP contribution in [0.3, 0.4) is 0 Å². The Kier molecular flexibility index (Phi) is 4.80. The second kappa shape index (κ2) is 7.02. The van der Waals surface area contributed by atoms with Gasteiger partial charge >= 0.3 is 0 Å². The molecule has 2 aromatic heterocycles. The molecule has 1 aromatic carbocycles. The summed E-state index contributed by atoms with van der Waals surface area (Å²) in [6.45, 7) is 8.65. The number of hydrogen-bond acceptors (Lipinski definition) is 3. The zero-order chi connectivity index (χ0) is 19.9. The molecule has 1 aliphatic heterocycles. The SMILES string of the molecule is CC1(C)CC(c2cc(-c3ccc(Cl)cc3)n(-c3ccccn3)n2)CC(C)(C)O1. The third-order valence-electron chi connectivity index (χ3n) is 5.18. The summed E-state index contributed by atoms with van der Waals surface area (Å²) in [5.41, 5.74) is 2.82. The summed E-state index contributed by atoms with van der Waals surface area (Å²) < 4.78 is 8.21. The van der Waals surface area contributed by atoms with Crippen molar-refractivity contribution in [2.45, 2.75) is 57.7 Å². The quantitative estimate of drug-likeness (QED) is 0.542. The van der Waals surface area contributed by atoms with Crippen LogP contribution in [0.4, 0.5) is 0 Å². The van der Waals surface area contributed by atoms with Crippen LogP contribution in [-0.2, 0) is 4.74 Å². The molecule has 0 bridgehead atoms. The van der Waals surface area contributed by atoms with Crippen molar-refractivity contribution >= 4 is 11.6 Å². The fourth-order valence-corrected chi connectivity index (χ4v) is 4.50. The van der Waals surface area contributed by atoms with Crippen molar-refractivity contribution < 1.29 is 4.74 Å². The lowest BCUT2D eigenvalue weighted by atomic mass is 9.79. The van der Waals surface area contributed by atoms with E-state index in [1.54, 1.807) is 6.20 Å². The highest BCUT2D eigenvalue weighted by molar-refractivity contribution is 6.30. The van der Waals surface area contributed by atoms with E-state index in [4.69, 9.17) is 21.4 Å². The van der Waals surface area contributed by atoms with Crippen LogP contribution in [0.2, 0.25) is 5.02 Å². The molecule has 0 saturated carbocycles. The third kappa shape index (κ3) is 3.98. The molecule has 3 aromatic rings. The minimum Gasteiger partial charge on any atom is -0.370 e. The minimum atomic E-state index is -0.179. The summed E-state index contributed by atoms with van der Waals surface area (Å²) in [5.74, 6) is 1.14. The number of aromatic nitrogens is 3. The van der Waals surface area contributed by atoms with Crippen molar-refractivity contribution in [3.8, 4) is 17.1 Å². The van der Waals surface area contributed by atoms with Gasteiger partial charge in [-0.15, -0.1) is 0 Å². The maximum atomic E-state index is 6.27. The van der Waals surface area contributed by atoms with Crippen molar-refractivity contribution in [2.24, 2.45) is 0 Å². The number of nitrogens with zero attached hydrogens (tertiary/aromatic N) is 3. The van der Waals surface area contributed by atoms with Crippen LogP contribution in [0.15, 0.2) is 54.7 Å². The smallest absolute Gasteiger partial charge is 0.153 e. The Hall–Kier alpha value is -2.17. The lowest BCUT2D eigenvalue weighted by Crippen LogP contribution is -2.44. The molecule has 0 radical (unpaired) electrons. The average molecular weight is 396 g/mol. The fourth-order valence-electron chi connectivity index (χ4n) is 4.38. The van der Waals surface area contributed by atoms with E-state index in [2.05, 4.69) is 38.7 Å². The lowest BCUT2D eigenvalue weighted by molar-refractivity contribution is -0.162. The van der Waals surface area contributed by atoms with Crippen molar-refractivity contribution in [1.82, 2.24) is 14.8 Å². The fraction of sp³-hybridized carbons (Fsp3) is 0.391. The molecule has 5 heteroatoms. The van der Waals surface area contributed by atoms with Crippen LogP contribution in [0, 0.1) is 0 Å². The number of ether oxygens (including phenoxy) is 1. The Morgan fingerprint density at radius 2 is 1.68 bits per heavy atom. The van der Waals surface area contributed by atoms with Gasteiger partial charge < -0.3 is 4.74 Å². The van der Waals surface area contributed by atoms with Gasteiger partial charge in [-0.3, -0.25) is 0 Å². The Bertz CT molecular complexity index is 945. The summed E-state index contributed by atoms with van der Waals surface area (Å²) in [7, 11) is 0. The zero-order valence-corrected chi connectivity index (χ0v) is 17.6. The van der Waals surface area contributed by atoms with Gasteiger partial charge in [-0.25, -0.2) is 9.67 Å². The maximum Gasteiger partial charge on any atom is 0.153 e. The first-order valence-corrected chi connectivity index (χ1v) is 10.1. The molecule has 0 unspecified atom stereocenters. The van der Waals surface area contributed by atoms with Crippen LogP contribution in [0.1, 0.15) is 52.1 Å². The van der Waals surface area contributed by atoms with Crippen LogP contribution >= 0.6 is 11.6 Å². The van der Waals surface area contributed by atoms with Crippen LogP contribution in [0.25, 0.3) is 17.1 Å². The number of pyridine rings is 1. The number of halogens is 1. The zero-order valence-electron chi connectivity index (χ0n) is 16.8. The van der Waals surface area contributed by atoms with E-state index in [0.29, 0.717) is 5.92 Å². The highest BCUT2D eigenvalue weighted by Gasteiger charge is 2.40. The molecule has 3 heterocycles. The van der Waals surface area contributed by atoms with Crippen LogP contribution < -0.4 is 0 Å². The summed E-state index contributed by atoms with van der Waals surface area (Å²) >= 11 is 6.10. The second-order valence-corrected chi connectivity index (χ2v) is 9.22. The van der Waals surface area contributed by atoms with E-state index in [-0.39, 0.29) is 11.2 Å². The third-order valence-corrected chi connectivity index (χ3v) is 5.43. The van der Waals surface area contributed by atoms with Gasteiger partial charge in [0.1, 0.15) is 0 Å². The molecule has 1 saturated heterocycles. The Balaban J connectivity index is 1.80. The minimum absolute atomic E-state index is 0.179. The Morgan fingerprint density at radius 3 is 2.29 bits per heavy atom. The monoisotopic (exact) mass is 395 g/mol. The Morgan fingerprint density at radius 1 is 1.00 bits per heavy atom. The van der Waals surface area contributed by atoms with Crippen molar-refractivity contribution in [3.05, 3.63) is 65.4 Å². The summed E-state index contributed by atoms with van der Waals surface area (Å²) in [5, 5.41) is 5.72. The normalized spacial score (nSPS) is 18.9. The van der Waals surface area contributed by atoms with E-state index in [0.717, 1.165) is 40.6 Å². The lowest BCUT2D eigenvalue weighted by Gasteiger charge is -2.45. The molecule has 0 spiro atoms. The molecule has 146 valence electrons. The molecular formula is C23H26ClN3O. The first-order chi connectivity index (χ1) is 13.2. The number of hydrogen-bond donors (Lipinski definition) is 0. The first kappa shape index (κ1) is 19.2. The van der Waals surface area contributed by atoms with Gasteiger partial charge in [0.25, 0.3) is 0 Å². The number of benzene rings is 1. The molecule has 0 atom stereocenters. The molecular weight excluding hydrogens is 370 g/mol. The van der Waals surface area contributed by atoms with Gasteiger partial charge in [0, 0.05) is 22.7 Å². The molecule has 1 fully saturated rings. The van der Waals surface area contributed by atoms with Gasteiger partial charge in [-0.1, -0.05) is 29.8 Å². The maximum absolute atomic E-state index is 6.27. The van der Waals surface area contributed by atoms with Gasteiger partial charge in [-0.05, 0) is 70.9 Å². The second-order valence-electron chi connectivity index (χ2n) is 8.79. The highest BCUT2D eigenvalue weighted by atomic mass is 35.5. The van der Waals surface area contributed by atoms with E-state index in [1.165, 1.54) is 0 Å². The van der Waals surface area contributed by atoms with Gasteiger partial charge in [0.05, 0.1) is 22.6 Å². The number of rotatable bonds is 3. The predicted molar refractivity (Wildman–Crippen MR) is 113 cm³/mol. The average Bonchev–Trinajstić information content (AvgIpc) is 3.06. The summed E-state index contributed by atoms with van der Waals surface area (Å²) in [4.78, 5) is 4.52.